The lowest BCUT2D eigenvalue weighted by atomic mass is 9.66. The fourth-order valence-electron chi connectivity index (χ4n) is 5.60. The van der Waals surface area contributed by atoms with Gasteiger partial charge in [-0.2, -0.15) is 0 Å². The Hall–Kier alpha value is -3.18. The molecule has 0 N–H and O–H groups in total. The van der Waals surface area contributed by atoms with Gasteiger partial charge in [0.15, 0.2) is 0 Å². The minimum absolute atomic E-state index is 0.185. The summed E-state index contributed by atoms with van der Waals surface area (Å²) in [5.74, 6) is -0.185. The van der Waals surface area contributed by atoms with Crippen LogP contribution >= 0.6 is 0 Å². The monoisotopic (exact) mass is 506 g/mol. The Morgan fingerprint density at radius 1 is 0.553 bits per heavy atom. The molecule has 0 amide bonds. The molecule has 0 atom stereocenters. The lowest BCUT2D eigenvalue weighted by molar-refractivity contribution is 0.00378. The van der Waals surface area contributed by atoms with Crippen molar-refractivity contribution in [1.29, 1.82) is 0 Å². The Morgan fingerprint density at radius 3 is 1.29 bits per heavy atom. The van der Waals surface area contributed by atoms with E-state index >= 15 is 0 Å². The molecule has 0 saturated heterocycles. The molecule has 38 heavy (non-hydrogen) atoms. The smallest absolute Gasteiger partial charge is 0.386 e. The molecule has 196 valence electrons. The Balaban J connectivity index is 2.20. The minimum Gasteiger partial charge on any atom is -0.386 e. The van der Waals surface area contributed by atoms with Crippen molar-refractivity contribution in [2.75, 3.05) is 13.2 Å². The van der Waals surface area contributed by atoms with Gasteiger partial charge in [0.25, 0.3) is 0 Å². The highest BCUT2D eigenvalue weighted by Crippen LogP contribution is 2.52. The SMILES string of the molecule is CCOB(OCC)OC(c1ccccc1C)(c1ccccc1C)C(c1ccccc1C)c1ccccc1C. The van der Waals surface area contributed by atoms with Crippen LogP contribution in [0.5, 0.6) is 0 Å². The van der Waals surface area contributed by atoms with Crippen LogP contribution in [0.25, 0.3) is 0 Å². The predicted molar refractivity (Wildman–Crippen MR) is 157 cm³/mol. The number of aryl methyl sites for hydroxylation is 4. The van der Waals surface area contributed by atoms with Gasteiger partial charge < -0.3 is 14.0 Å². The highest BCUT2D eigenvalue weighted by atomic mass is 16.7. The molecule has 4 aromatic rings. The Labute approximate surface area is 229 Å². The molecular weight excluding hydrogens is 467 g/mol. The molecule has 0 radical (unpaired) electrons. The molecule has 0 spiro atoms. The molecule has 3 nitrogen and oxygen atoms in total. The van der Waals surface area contributed by atoms with Crippen LogP contribution in [0.4, 0.5) is 0 Å². The summed E-state index contributed by atoms with van der Waals surface area (Å²) in [6.45, 7) is 13.6. The first-order chi connectivity index (χ1) is 18.4. The normalized spacial score (nSPS) is 11.7. The van der Waals surface area contributed by atoms with Crippen LogP contribution in [0.15, 0.2) is 97.1 Å². The summed E-state index contributed by atoms with van der Waals surface area (Å²) in [7, 11) is -0.847. The van der Waals surface area contributed by atoms with Gasteiger partial charge >= 0.3 is 7.32 Å². The predicted octanol–water partition coefficient (Wildman–Crippen LogP) is 8.07. The van der Waals surface area contributed by atoms with Gasteiger partial charge in [-0.3, -0.25) is 0 Å². The first-order valence-electron chi connectivity index (χ1n) is 13.6. The number of rotatable bonds is 11. The van der Waals surface area contributed by atoms with Gasteiger partial charge in [0, 0.05) is 19.1 Å². The summed E-state index contributed by atoms with van der Waals surface area (Å²) >= 11 is 0. The second-order valence-electron chi connectivity index (χ2n) is 9.83. The highest BCUT2D eigenvalue weighted by Gasteiger charge is 2.50. The minimum atomic E-state index is -0.954. The van der Waals surface area contributed by atoms with E-state index in [0.29, 0.717) is 13.2 Å². The van der Waals surface area contributed by atoms with Crippen molar-refractivity contribution in [2.24, 2.45) is 0 Å². The zero-order valence-electron chi connectivity index (χ0n) is 23.5. The van der Waals surface area contributed by atoms with Crippen molar-refractivity contribution in [3.63, 3.8) is 0 Å². The maximum absolute atomic E-state index is 7.29. The maximum atomic E-state index is 7.29. The third-order valence-electron chi connectivity index (χ3n) is 7.38. The van der Waals surface area contributed by atoms with Gasteiger partial charge in [0.1, 0.15) is 5.60 Å². The number of hydrogen-bond acceptors (Lipinski definition) is 3. The van der Waals surface area contributed by atoms with Gasteiger partial charge in [0.2, 0.25) is 0 Å². The van der Waals surface area contributed by atoms with E-state index < -0.39 is 12.9 Å². The Morgan fingerprint density at radius 2 is 0.921 bits per heavy atom. The molecule has 0 heterocycles. The van der Waals surface area contributed by atoms with Crippen molar-refractivity contribution >= 4 is 7.32 Å². The van der Waals surface area contributed by atoms with Crippen LogP contribution in [0, 0.1) is 27.7 Å². The quantitative estimate of drug-likeness (QED) is 0.193. The lowest BCUT2D eigenvalue weighted by Gasteiger charge is -2.45. The standard InChI is InChI=1S/C34H39BO3/c1-7-36-35(37-8-2)38-34(31-23-15-11-19-27(31)5,32-24-16-12-20-28(32)6)33(29-21-13-9-17-25(29)3)30-22-14-10-18-26(30)4/h9-24,33H,7-8H2,1-6H3. The van der Waals surface area contributed by atoms with E-state index in [0.717, 1.165) is 22.3 Å². The average Bonchev–Trinajstić information content (AvgIpc) is 2.91. The zero-order chi connectivity index (χ0) is 27.1. The molecular formula is C34H39BO3. The van der Waals surface area contributed by atoms with Crippen LogP contribution < -0.4 is 0 Å². The molecule has 0 aliphatic heterocycles. The lowest BCUT2D eigenvalue weighted by Crippen LogP contribution is -2.46. The van der Waals surface area contributed by atoms with Gasteiger partial charge in [-0.15, -0.1) is 0 Å². The van der Waals surface area contributed by atoms with Crippen LogP contribution in [0.2, 0.25) is 0 Å². The number of hydrogen-bond donors (Lipinski definition) is 0. The summed E-state index contributed by atoms with van der Waals surface area (Å²) in [5.41, 5.74) is 8.36. The third kappa shape index (κ3) is 5.49. The van der Waals surface area contributed by atoms with Gasteiger partial charge in [-0.25, -0.2) is 0 Å². The summed E-state index contributed by atoms with van der Waals surface area (Å²) in [5, 5.41) is 0. The van der Waals surface area contributed by atoms with Gasteiger partial charge in [-0.05, 0) is 86.1 Å². The van der Waals surface area contributed by atoms with Crippen molar-refractivity contribution in [2.45, 2.75) is 53.1 Å². The Kier molecular flexibility index (Phi) is 9.22. The summed E-state index contributed by atoms with van der Waals surface area (Å²) < 4.78 is 19.5. The maximum Gasteiger partial charge on any atom is 0.640 e. The van der Waals surface area contributed by atoms with E-state index in [2.05, 4.69) is 125 Å². The summed E-state index contributed by atoms with van der Waals surface area (Å²) in [6, 6.07) is 34.4. The third-order valence-corrected chi connectivity index (χ3v) is 7.38. The average molecular weight is 506 g/mol. The molecule has 4 heteroatoms. The molecule has 0 aliphatic carbocycles. The van der Waals surface area contributed by atoms with E-state index in [1.807, 2.05) is 13.8 Å². The summed E-state index contributed by atoms with van der Waals surface area (Å²) in [6.07, 6.45) is 0. The van der Waals surface area contributed by atoms with E-state index in [9.17, 15) is 0 Å². The van der Waals surface area contributed by atoms with Gasteiger partial charge in [0.05, 0.1) is 0 Å². The molecule has 0 saturated carbocycles. The first-order valence-corrected chi connectivity index (χ1v) is 13.6. The molecule has 4 aromatic carbocycles. The van der Waals surface area contributed by atoms with Crippen molar-refractivity contribution < 1.29 is 14.0 Å². The highest BCUT2D eigenvalue weighted by molar-refractivity contribution is 6.36. The number of benzene rings is 4. The molecule has 0 fully saturated rings. The molecule has 0 aromatic heterocycles. The Bertz CT molecular complexity index is 1250. The van der Waals surface area contributed by atoms with Crippen LogP contribution in [-0.2, 0) is 19.6 Å². The topological polar surface area (TPSA) is 27.7 Å². The van der Waals surface area contributed by atoms with Crippen molar-refractivity contribution in [1.82, 2.24) is 0 Å². The van der Waals surface area contributed by atoms with E-state index in [4.69, 9.17) is 14.0 Å². The van der Waals surface area contributed by atoms with Gasteiger partial charge in [-0.1, -0.05) is 97.1 Å². The van der Waals surface area contributed by atoms with Crippen molar-refractivity contribution in [3.05, 3.63) is 142 Å². The first kappa shape index (κ1) is 27.8. The summed E-state index contributed by atoms with van der Waals surface area (Å²) in [4.78, 5) is 0. The second-order valence-corrected chi connectivity index (χ2v) is 9.83. The molecule has 4 rings (SSSR count). The fourth-order valence-corrected chi connectivity index (χ4v) is 5.60. The van der Waals surface area contributed by atoms with Crippen molar-refractivity contribution in [3.8, 4) is 0 Å². The zero-order valence-corrected chi connectivity index (χ0v) is 23.5. The van der Waals surface area contributed by atoms with E-state index in [1.165, 1.54) is 22.3 Å². The molecule has 0 bridgehead atoms. The van der Waals surface area contributed by atoms with Crippen LogP contribution in [-0.4, -0.2) is 20.5 Å². The molecule has 0 unspecified atom stereocenters. The van der Waals surface area contributed by atoms with E-state index in [1.54, 1.807) is 0 Å². The molecule has 0 aliphatic rings. The largest absolute Gasteiger partial charge is 0.640 e. The second kappa shape index (κ2) is 12.6. The fraction of sp³-hybridized carbons (Fsp3) is 0.294. The van der Waals surface area contributed by atoms with Crippen LogP contribution in [0.1, 0.15) is 64.3 Å². The van der Waals surface area contributed by atoms with Crippen LogP contribution in [0.3, 0.4) is 0 Å². The van der Waals surface area contributed by atoms with E-state index in [-0.39, 0.29) is 5.92 Å².